The number of aromatic nitrogens is 1. The fourth-order valence-corrected chi connectivity index (χ4v) is 3.49. The molecule has 1 atom stereocenters. The number of thiophene rings is 1. The van der Waals surface area contributed by atoms with Crippen LogP contribution < -0.4 is 11.1 Å². The van der Waals surface area contributed by atoms with Gasteiger partial charge in [0.25, 0.3) is 0 Å². The minimum Gasteiger partial charge on any atom is -0.349 e. The zero-order valence-corrected chi connectivity index (χ0v) is 16.6. The summed E-state index contributed by atoms with van der Waals surface area (Å²) in [6.45, 7) is 6.53. The summed E-state index contributed by atoms with van der Waals surface area (Å²) in [5.74, 6) is 0.253. The zero-order valence-electron chi connectivity index (χ0n) is 13.4. The molecule has 0 aromatic carbocycles. The van der Waals surface area contributed by atoms with Gasteiger partial charge >= 0.3 is 0 Å². The number of thiazole rings is 1. The Morgan fingerprint density at radius 2 is 2.09 bits per heavy atom. The van der Waals surface area contributed by atoms with E-state index in [2.05, 4.69) is 24.1 Å². The quantitative estimate of drug-likeness (QED) is 0.782. The van der Waals surface area contributed by atoms with Crippen LogP contribution in [-0.2, 0) is 11.2 Å². The summed E-state index contributed by atoms with van der Waals surface area (Å²) in [5.41, 5.74) is 6.23. The van der Waals surface area contributed by atoms with Crippen molar-refractivity contribution in [3.05, 3.63) is 28.6 Å². The average molecular weight is 396 g/mol. The number of rotatable bonds is 6. The molecule has 2 heterocycles. The fraction of sp³-hybridized carbons (Fsp3) is 0.467. The summed E-state index contributed by atoms with van der Waals surface area (Å²) in [4.78, 5) is 17.9. The maximum absolute atomic E-state index is 12.2. The highest BCUT2D eigenvalue weighted by Crippen LogP contribution is 2.28. The van der Waals surface area contributed by atoms with Gasteiger partial charge in [0, 0.05) is 11.9 Å². The Morgan fingerprint density at radius 3 is 2.61 bits per heavy atom. The van der Waals surface area contributed by atoms with Crippen molar-refractivity contribution in [2.45, 2.75) is 32.7 Å². The molecule has 23 heavy (non-hydrogen) atoms. The highest BCUT2D eigenvalue weighted by atomic mass is 35.5. The molecular formula is C15H23Cl2N3OS2. The maximum atomic E-state index is 12.2. The van der Waals surface area contributed by atoms with Gasteiger partial charge in [0.05, 0.1) is 22.5 Å². The summed E-state index contributed by atoms with van der Waals surface area (Å²) in [5, 5.41) is 7.98. The number of nitrogens with zero attached hydrogens (tertiary/aromatic N) is 1. The number of carbonyl (C=O) groups excluding carboxylic acids is 1. The van der Waals surface area contributed by atoms with Crippen LogP contribution in [0.4, 0.5) is 0 Å². The second-order valence-corrected chi connectivity index (χ2v) is 7.43. The van der Waals surface area contributed by atoms with Crippen LogP contribution in [-0.4, -0.2) is 23.0 Å². The van der Waals surface area contributed by atoms with Crippen molar-refractivity contribution in [1.82, 2.24) is 10.3 Å². The Kier molecular flexibility index (Phi) is 9.32. The third-order valence-corrected chi connectivity index (χ3v) is 5.68. The van der Waals surface area contributed by atoms with Gasteiger partial charge < -0.3 is 11.1 Å². The Labute approximate surface area is 157 Å². The lowest BCUT2D eigenvalue weighted by Crippen LogP contribution is -2.55. The smallest absolute Gasteiger partial charge is 0.226 e. The van der Waals surface area contributed by atoms with Crippen molar-refractivity contribution in [3.63, 3.8) is 0 Å². The number of halogens is 2. The molecule has 2 rings (SSSR count). The van der Waals surface area contributed by atoms with Gasteiger partial charge in [-0.2, -0.15) is 0 Å². The molecule has 0 fully saturated rings. The Hall–Kier alpha value is -0.660. The fourth-order valence-electron chi connectivity index (χ4n) is 1.86. The van der Waals surface area contributed by atoms with Crippen LogP contribution in [0, 0.1) is 5.92 Å². The van der Waals surface area contributed by atoms with Crippen LogP contribution in [0.15, 0.2) is 22.9 Å². The molecule has 8 heteroatoms. The molecule has 2 aromatic heterocycles. The molecule has 0 radical (unpaired) electrons. The van der Waals surface area contributed by atoms with E-state index in [9.17, 15) is 4.79 Å². The molecule has 4 nitrogen and oxygen atoms in total. The third kappa shape index (κ3) is 5.72. The molecule has 0 aliphatic heterocycles. The van der Waals surface area contributed by atoms with Gasteiger partial charge in [-0.05, 0) is 24.3 Å². The molecule has 130 valence electrons. The lowest BCUT2D eigenvalue weighted by atomic mass is 9.88. The van der Waals surface area contributed by atoms with Crippen molar-refractivity contribution < 1.29 is 4.79 Å². The first-order chi connectivity index (χ1) is 9.94. The Bertz CT molecular complexity index is 602. The number of nitrogens with one attached hydrogen (secondary N) is 1. The second kappa shape index (κ2) is 9.59. The van der Waals surface area contributed by atoms with Crippen LogP contribution in [0.1, 0.15) is 26.5 Å². The first-order valence-electron chi connectivity index (χ1n) is 6.94. The van der Waals surface area contributed by atoms with Crippen molar-refractivity contribution in [1.29, 1.82) is 0 Å². The monoisotopic (exact) mass is 395 g/mol. The molecule has 0 spiro atoms. The lowest BCUT2D eigenvalue weighted by molar-refractivity contribution is -0.122. The van der Waals surface area contributed by atoms with Gasteiger partial charge in [-0.3, -0.25) is 4.79 Å². The molecule has 1 unspecified atom stereocenters. The summed E-state index contributed by atoms with van der Waals surface area (Å²) < 4.78 is 0. The van der Waals surface area contributed by atoms with Crippen molar-refractivity contribution >= 4 is 53.4 Å². The topological polar surface area (TPSA) is 68.0 Å². The van der Waals surface area contributed by atoms with E-state index in [1.165, 1.54) is 0 Å². The second-order valence-electron chi connectivity index (χ2n) is 5.62. The molecular weight excluding hydrogens is 373 g/mol. The minimum absolute atomic E-state index is 0. The number of nitrogens with two attached hydrogens (primary N) is 1. The molecule has 0 saturated heterocycles. The van der Waals surface area contributed by atoms with Crippen LogP contribution in [0.5, 0.6) is 0 Å². The predicted octanol–water partition coefficient (Wildman–Crippen LogP) is 3.75. The van der Waals surface area contributed by atoms with Gasteiger partial charge in [-0.1, -0.05) is 19.9 Å². The van der Waals surface area contributed by atoms with E-state index in [-0.39, 0.29) is 42.2 Å². The van der Waals surface area contributed by atoms with E-state index in [1.54, 1.807) is 22.7 Å². The minimum atomic E-state index is -0.371. The number of hydrogen-bond donors (Lipinski definition) is 2. The van der Waals surface area contributed by atoms with E-state index >= 15 is 0 Å². The highest BCUT2D eigenvalue weighted by molar-refractivity contribution is 7.20. The first kappa shape index (κ1) is 22.3. The van der Waals surface area contributed by atoms with E-state index in [1.807, 2.05) is 29.8 Å². The molecule has 0 aliphatic carbocycles. The normalized spacial score (nSPS) is 12.9. The van der Waals surface area contributed by atoms with Crippen molar-refractivity contribution in [2.75, 3.05) is 6.54 Å². The molecule has 0 saturated carbocycles. The molecule has 0 aliphatic rings. The van der Waals surface area contributed by atoms with Crippen LogP contribution in [0.3, 0.4) is 0 Å². The molecule has 3 N–H and O–H groups in total. The van der Waals surface area contributed by atoms with Crippen molar-refractivity contribution in [2.24, 2.45) is 11.7 Å². The van der Waals surface area contributed by atoms with Gasteiger partial charge in [0.15, 0.2) is 0 Å². The van der Waals surface area contributed by atoms with Gasteiger partial charge in [-0.25, -0.2) is 4.98 Å². The summed E-state index contributed by atoms with van der Waals surface area (Å²) >= 11 is 3.23. The number of carbonyl (C=O) groups is 1. The standard InChI is InChI=1S/C15H21N3OS2.2ClH/c1-10(2)15(3,9-16)18-13(19)7-11-8-21-14(17-11)12-5-4-6-20-12;;/h4-6,8,10H,7,9,16H2,1-3H3,(H,18,19);2*1H. The largest absolute Gasteiger partial charge is 0.349 e. The van der Waals surface area contributed by atoms with E-state index in [0.717, 1.165) is 15.6 Å². The Balaban J connectivity index is 0.00000242. The number of hydrogen-bond acceptors (Lipinski definition) is 5. The van der Waals surface area contributed by atoms with Crippen molar-refractivity contribution in [3.8, 4) is 9.88 Å². The lowest BCUT2D eigenvalue weighted by Gasteiger charge is -2.33. The van der Waals surface area contributed by atoms with Gasteiger partial charge in [0.1, 0.15) is 5.01 Å². The van der Waals surface area contributed by atoms with Crippen LogP contribution in [0.25, 0.3) is 9.88 Å². The summed E-state index contributed by atoms with van der Waals surface area (Å²) in [6.07, 6.45) is 0.296. The predicted molar refractivity (Wildman–Crippen MR) is 104 cm³/mol. The SMILES string of the molecule is CC(C)C(C)(CN)NC(=O)Cc1csc(-c2cccs2)n1.Cl.Cl. The number of amides is 1. The van der Waals surface area contributed by atoms with Crippen LogP contribution >= 0.6 is 47.5 Å². The van der Waals surface area contributed by atoms with Crippen LogP contribution in [0.2, 0.25) is 0 Å². The van der Waals surface area contributed by atoms with Gasteiger partial charge in [-0.15, -0.1) is 47.5 Å². The third-order valence-electron chi connectivity index (χ3n) is 3.75. The molecule has 1 amide bonds. The van der Waals surface area contributed by atoms with Gasteiger partial charge in [0.2, 0.25) is 5.91 Å². The van der Waals surface area contributed by atoms with E-state index < -0.39 is 0 Å². The Morgan fingerprint density at radius 1 is 1.39 bits per heavy atom. The molecule has 2 aromatic rings. The summed E-state index contributed by atoms with van der Waals surface area (Å²) in [7, 11) is 0. The average Bonchev–Trinajstić information content (AvgIpc) is 3.08. The van der Waals surface area contributed by atoms with E-state index in [4.69, 9.17) is 5.73 Å². The highest BCUT2D eigenvalue weighted by Gasteiger charge is 2.28. The zero-order chi connectivity index (χ0) is 15.5. The summed E-state index contributed by atoms with van der Waals surface area (Å²) in [6, 6.07) is 4.04. The molecule has 0 bridgehead atoms. The maximum Gasteiger partial charge on any atom is 0.226 e. The first-order valence-corrected chi connectivity index (χ1v) is 8.70. The van der Waals surface area contributed by atoms with E-state index in [0.29, 0.717) is 13.0 Å².